The molecule has 3 rings (SSSR count). The Morgan fingerprint density at radius 2 is 1.88 bits per heavy atom. The first-order valence-electron chi connectivity index (χ1n) is 7.84. The normalized spacial score (nSPS) is 10.8. The fraction of sp³-hybridized carbons (Fsp3) is 0.158. The maximum atomic E-state index is 13.0. The van der Waals surface area contributed by atoms with Crippen molar-refractivity contribution in [2.45, 2.75) is 13.3 Å². The van der Waals surface area contributed by atoms with Gasteiger partial charge < -0.3 is 15.0 Å². The smallest absolute Gasteiger partial charge is 0.267 e. The van der Waals surface area contributed by atoms with Crippen LogP contribution in [0, 0.1) is 5.82 Å². The molecule has 0 aliphatic rings. The molecule has 0 aliphatic heterocycles. The number of hydrogen-bond acceptors (Lipinski definition) is 3. The Labute approximate surface area is 143 Å². The molecule has 0 saturated carbocycles. The van der Waals surface area contributed by atoms with Crippen molar-refractivity contribution in [1.29, 1.82) is 0 Å². The second-order valence-electron chi connectivity index (χ2n) is 5.71. The average molecular weight is 340 g/mol. The summed E-state index contributed by atoms with van der Waals surface area (Å²) in [6, 6.07) is 10.5. The van der Waals surface area contributed by atoms with E-state index in [1.54, 1.807) is 19.2 Å². The third-order valence-electron chi connectivity index (χ3n) is 4.19. The Bertz CT molecular complexity index is 1020. The fourth-order valence-electron chi connectivity index (χ4n) is 2.87. The van der Waals surface area contributed by atoms with Gasteiger partial charge in [0.2, 0.25) is 0 Å². The van der Waals surface area contributed by atoms with E-state index >= 15 is 0 Å². The number of aromatic nitrogens is 1. The van der Waals surface area contributed by atoms with E-state index in [-0.39, 0.29) is 11.3 Å². The highest BCUT2D eigenvalue weighted by Crippen LogP contribution is 2.30. The van der Waals surface area contributed by atoms with Gasteiger partial charge in [-0.15, -0.1) is 0 Å². The fourth-order valence-corrected chi connectivity index (χ4v) is 2.87. The molecule has 1 amide bonds. The summed E-state index contributed by atoms with van der Waals surface area (Å²) in [6.07, 6.45) is 0.641. The number of rotatable bonds is 3. The van der Waals surface area contributed by atoms with Crippen LogP contribution in [0.3, 0.4) is 0 Å². The molecule has 3 aromatic rings. The quantitative estimate of drug-likeness (QED) is 0.769. The van der Waals surface area contributed by atoms with Crippen molar-refractivity contribution >= 4 is 22.5 Å². The number of pyridine rings is 1. The van der Waals surface area contributed by atoms with Crippen molar-refractivity contribution in [1.82, 2.24) is 4.57 Å². The third kappa shape index (κ3) is 2.87. The average Bonchev–Trinajstić information content (AvgIpc) is 2.61. The van der Waals surface area contributed by atoms with Crippen LogP contribution in [0.2, 0.25) is 0 Å². The van der Waals surface area contributed by atoms with Gasteiger partial charge in [-0.2, -0.15) is 0 Å². The number of carbonyl (C=O) groups is 1. The van der Waals surface area contributed by atoms with Crippen LogP contribution in [-0.4, -0.2) is 15.6 Å². The molecule has 0 radical (unpaired) electrons. The van der Waals surface area contributed by atoms with Crippen LogP contribution >= 0.6 is 0 Å². The van der Waals surface area contributed by atoms with E-state index < -0.39 is 17.3 Å². The van der Waals surface area contributed by atoms with E-state index in [4.69, 9.17) is 0 Å². The summed E-state index contributed by atoms with van der Waals surface area (Å²) in [5.74, 6) is -1.51. The molecule has 0 bridgehead atoms. The van der Waals surface area contributed by atoms with Gasteiger partial charge >= 0.3 is 0 Å². The van der Waals surface area contributed by atoms with Gasteiger partial charge in [-0.3, -0.25) is 9.59 Å². The lowest BCUT2D eigenvalue weighted by Crippen LogP contribution is -2.28. The van der Waals surface area contributed by atoms with Crippen molar-refractivity contribution in [3.63, 3.8) is 0 Å². The zero-order valence-electron chi connectivity index (χ0n) is 13.8. The van der Waals surface area contributed by atoms with E-state index in [0.29, 0.717) is 23.0 Å². The molecule has 128 valence electrons. The summed E-state index contributed by atoms with van der Waals surface area (Å²) in [7, 11) is 1.55. The number of halogens is 1. The first-order valence-corrected chi connectivity index (χ1v) is 7.84. The predicted molar refractivity (Wildman–Crippen MR) is 94.6 cm³/mol. The number of hydrogen-bond donors (Lipinski definition) is 2. The molecule has 2 aromatic carbocycles. The molecule has 0 saturated heterocycles. The number of nitrogens with one attached hydrogen (secondary N) is 1. The highest BCUT2D eigenvalue weighted by molar-refractivity contribution is 6.09. The Hall–Kier alpha value is -3.15. The summed E-state index contributed by atoms with van der Waals surface area (Å²) in [5.41, 5.74) is 0.788. The van der Waals surface area contributed by atoms with E-state index in [1.165, 1.54) is 28.8 Å². The van der Waals surface area contributed by atoms with Gasteiger partial charge in [0.15, 0.2) is 0 Å². The number of amides is 1. The van der Waals surface area contributed by atoms with E-state index in [2.05, 4.69) is 5.32 Å². The van der Waals surface area contributed by atoms with Gasteiger partial charge in [-0.25, -0.2) is 4.39 Å². The van der Waals surface area contributed by atoms with Crippen molar-refractivity contribution in [2.75, 3.05) is 5.32 Å². The Morgan fingerprint density at radius 3 is 2.52 bits per heavy atom. The second-order valence-corrected chi connectivity index (χ2v) is 5.71. The lowest BCUT2D eigenvalue weighted by atomic mass is 10.0. The molecule has 25 heavy (non-hydrogen) atoms. The van der Waals surface area contributed by atoms with E-state index in [0.717, 1.165) is 5.56 Å². The molecule has 0 spiro atoms. The number of anilines is 1. The monoisotopic (exact) mass is 340 g/mol. The van der Waals surface area contributed by atoms with Crippen molar-refractivity contribution in [3.8, 4) is 5.75 Å². The van der Waals surface area contributed by atoms with Crippen LogP contribution in [0.1, 0.15) is 22.8 Å². The third-order valence-corrected chi connectivity index (χ3v) is 4.19. The Kier molecular flexibility index (Phi) is 4.27. The lowest BCUT2D eigenvalue weighted by Gasteiger charge is -2.14. The van der Waals surface area contributed by atoms with Gasteiger partial charge in [0.25, 0.3) is 11.5 Å². The summed E-state index contributed by atoms with van der Waals surface area (Å²) in [5, 5.41) is 13.6. The van der Waals surface area contributed by atoms with Gasteiger partial charge in [0, 0.05) is 18.1 Å². The molecule has 1 aromatic heterocycles. The lowest BCUT2D eigenvalue weighted by molar-refractivity contribution is 0.102. The van der Waals surface area contributed by atoms with Crippen LogP contribution in [0.5, 0.6) is 5.75 Å². The van der Waals surface area contributed by atoms with Crippen LogP contribution in [0.4, 0.5) is 10.1 Å². The van der Waals surface area contributed by atoms with Gasteiger partial charge in [0.05, 0.1) is 5.52 Å². The van der Waals surface area contributed by atoms with Crippen molar-refractivity contribution < 1.29 is 14.3 Å². The second kappa shape index (κ2) is 6.39. The van der Waals surface area contributed by atoms with Crippen LogP contribution in [0.15, 0.2) is 47.3 Å². The van der Waals surface area contributed by atoms with E-state index in [1.807, 2.05) is 13.0 Å². The molecular weight excluding hydrogens is 323 g/mol. The minimum atomic E-state index is -0.738. The number of aryl methyl sites for hydroxylation is 2. The van der Waals surface area contributed by atoms with Gasteiger partial charge in [-0.1, -0.05) is 19.1 Å². The molecule has 0 atom stereocenters. The molecule has 0 fully saturated rings. The number of benzene rings is 2. The summed E-state index contributed by atoms with van der Waals surface area (Å²) >= 11 is 0. The number of fused-ring (bicyclic) bond motifs is 1. The first kappa shape index (κ1) is 16.7. The SMILES string of the molecule is CCc1cccc2c1c(O)c(C(=O)Nc1ccc(F)cc1)c(=O)n2C. The molecule has 0 aliphatic carbocycles. The number of aromatic hydroxyl groups is 1. The van der Waals surface area contributed by atoms with Crippen molar-refractivity contribution in [2.24, 2.45) is 7.05 Å². The predicted octanol–water partition coefficient (Wildman–Crippen LogP) is 3.20. The van der Waals surface area contributed by atoms with Gasteiger partial charge in [0.1, 0.15) is 17.1 Å². The molecule has 6 heteroatoms. The van der Waals surface area contributed by atoms with Crippen molar-refractivity contribution in [3.05, 3.63) is 69.8 Å². The number of nitrogens with zero attached hydrogens (tertiary/aromatic N) is 1. The highest BCUT2D eigenvalue weighted by Gasteiger charge is 2.22. The summed E-state index contributed by atoms with van der Waals surface area (Å²) in [6.45, 7) is 1.93. The molecule has 1 heterocycles. The minimum Gasteiger partial charge on any atom is -0.506 e. The zero-order valence-corrected chi connectivity index (χ0v) is 13.8. The Balaban J connectivity index is 2.17. The van der Waals surface area contributed by atoms with Crippen LogP contribution in [0.25, 0.3) is 10.9 Å². The molecule has 0 unspecified atom stereocenters. The Morgan fingerprint density at radius 1 is 1.20 bits per heavy atom. The molecule has 5 nitrogen and oxygen atoms in total. The number of carbonyl (C=O) groups excluding carboxylic acids is 1. The first-order chi connectivity index (χ1) is 11.9. The highest BCUT2D eigenvalue weighted by atomic mass is 19.1. The topological polar surface area (TPSA) is 71.3 Å². The maximum absolute atomic E-state index is 13.0. The minimum absolute atomic E-state index is 0.330. The standard InChI is InChI=1S/C19H17FN2O3/c1-3-11-5-4-6-14-15(11)17(23)16(19(25)22(14)2)18(24)21-13-9-7-12(20)8-10-13/h4-10,23H,3H2,1-2H3,(H,21,24). The maximum Gasteiger partial charge on any atom is 0.267 e. The van der Waals surface area contributed by atoms with Crippen LogP contribution < -0.4 is 10.9 Å². The summed E-state index contributed by atoms with van der Waals surface area (Å²) in [4.78, 5) is 25.1. The zero-order chi connectivity index (χ0) is 18.1. The van der Waals surface area contributed by atoms with E-state index in [9.17, 15) is 19.1 Å². The molecule has 2 N–H and O–H groups in total. The van der Waals surface area contributed by atoms with Gasteiger partial charge in [-0.05, 0) is 42.3 Å². The molecular formula is C19H17FN2O3. The summed E-state index contributed by atoms with van der Waals surface area (Å²) < 4.78 is 14.3. The largest absolute Gasteiger partial charge is 0.506 e. The van der Waals surface area contributed by atoms with Crippen LogP contribution in [-0.2, 0) is 13.5 Å².